The second-order valence-corrected chi connectivity index (χ2v) is 7.37. The van der Waals surface area contributed by atoms with Crippen molar-refractivity contribution in [1.29, 1.82) is 0 Å². The van der Waals surface area contributed by atoms with Crippen molar-refractivity contribution < 1.29 is 28.2 Å². The molecule has 0 bridgehead atoms. The van der Waals surface area contributed by atoms with Crippen LogP contribution in [0.3, 0.4) is 0 Å². The molecule has 2 aromatic carbocycles. The standard InChI is InChI=1S/C23H28FN3O5/c1-2-30-23(29)31-20-9-7-19(8-10-20)27-15-13-26(14-16-27)12-11-21(32-22(25)28)17-3-5-18(24)6-4-17/h3-10,21H,2,11-16H2,1H3,(H2,25,28). The number of nitrogens with zero attached hydrogens (tertiary/aromatic N) is 2. The maximum absolute atomic E-state index is 13.2. The van der Waals surface area contributed by atoms with Crippen LogP contribution in [0.1, 0.15) is 25.0 Å². The molecule has 0 radical (unpaired) electrons. The number of nitrogens with two attached hydrogens (primary N) is 1. The summed E-state index contributed by atoms with van der Waals surface area (Å²) in [6, 6.07) is 13.2. The summed E-state index contributed by atoms with van der Waals surface area (Å²) in [7, 11) is 0. The van der Waals surface area contributed by atoms with Crippen LogP contribution in [0.25, 0.3) is 0 Å². The number of hydrogen-bond donors (Lipinski definition) is 1. The fraction of sp³-hybridized carbons (Fsp3) is 0.391. The SMILES string of the molecule is CCOC(=O)Oc1ccc(N2CCN(CCC(OC(N)=O)c3ccc(F)cc3)CC2)cc1. The summed E-state index contributed by atoms with van der Waals surface area (Å²) in [6.07, 6.45) is -1.51. The van der Waals surface area contributed by atoms with Gasteiger partial charge < -0.3 is 24.8 Å². The Hall–Kier alpha value is -3.33. The highest BCUT2D eigenvalue weighted by atomic mass is 19.1. The number of ether oxygens (including phenoxy) is 3. The fourth-order valence-electron chi connectivity index (χ4n) is 3.61. The van der Waals surface area contributed by atoms with Gasteiger partial charge in [0.2, 0.25) is 0 Å². The summed E-state index contributed by atoms with van der Waals surface area (Å²) >= 11 is 0. The summed E-state index contributed by atoms with van der Waals surface area (Å²) in [5.74, 6) is 0.0929. The van der Waals surface area contributed by atoms with Gasteiger partial charge in [0.1, 0.15) is 17.7 Å². The molecule has 9 heteroatoms. The first-order chi connectivity index (χ1) is 15.4. The molecular weight excluding hydrogens is 417 g/mol. The summed E-state index contributed by atoms with van der Waals surface area (Å²) in [5, 5.41) is 0. The largest absolute Gasteiger partial charge is 0.513 e. The van der Waals surface area contributed by atoms with Crippen molar-refractivity contribution in [2.75, 3.05) is 44.2 Å². The molecule has 2 aromatic rings. The minimum atomic E-state index is -0.848. The van der Waals surface area contributed by atoms with Crippen LogP contribution in [0.15, 0.2) is 48.5 Å². The molecule has 1 aliphatic heterocycles. The maximum Gasteiger partial charge on any atom is 0.513 e. The van der Waals surface area contributed by atoms with Crippen LogP contribution in [0.5, 0.6) is 5.75 Å². The zero-order valence-electron chi connectivity index (χ0n) is 18.0. The molecule has 1 amide bonds. The topological polar surface area (TPSA) is 94.3 Å². The van der Waals surface area contributed by atoms with Crippen molar-refractivity contribution in [3.05, 3.63) is 59.9 Å². The van der Waals surface area contributed by atoms with E-state index >= 15 is 0 Å². The Morgan fingerprint density at radius 3 is 2.28 bits per heavy atom. The lowest BCUT2D eigenvalue weighted by atomic mass is 10.1. The van der Waals surface area contributed by atoms with Crippen molar-refractivity contribution in [2.45, 2.75) is 19.4 Å². The second-order valence-electron chi connectivity index (χ2n) is 7.37. The molecule has 0 aromatic heterocycles. The predicted octanol–water partition coefficient (Wildman–Crippen LogP) is 3.71. The molecule has 8 nitrogen and oxygen atoms in total. The lowest BCUT2D eigenvalue weighted by Crippen LogP contribution is -2.46. The smallest absolute Gasteiger partial charge is 0.441 e. The van der Waals surface area contributed by atoms with Gasteiger partial charge in [0.25, 0.3) is 0 Å². The van der Waals surface area contributed by atoms with Gasteiger partial charge in [0, 0.05) is 44.8 Å². The number of benzene rings is 2. The third kappa shape index (κ3) is 6.84. The zero-order chi connectivity index (χ0) is 22.9. The Morgan fingerprint density at radius 1 is 1.03 bits per heavy atom. The minimum Gasteiger partial charge on any atom is -0.441 e. The maximum atomic E-state index is 13.2. The van der Waals surface area contributed by atoms with Crippen LogP contribution < -0.4 is 15.4 Å². The quantitative estimate of drug-likeness (QED) is 0.489. The molecular formula is C23H28FN3O5. The Labute approximate surface area is 186 Å². The van der Waals surface area contributed by atoms with E-state index in [1.54, 1.807) is 31.2 Å². The Morgan fingerprint density at radius 2 is 1.69 bits per heavy atom. The number of carbonyl (C=O) groups is 2. The molecule has 1 heterocycles. The Kier molecular flexibility index (Phi) is 8.27. The van der Waals surface area contributed by atoms with Gasteiger partial charge in [-0.3, -0.25) is 4.90 Å². The Balaban J connectivity index is 1.49. The van der Waals surface area contributed by atoms with Gasteiger partial charge in [-0.25, -0.2) is 14.0 Å². The number of piperazine rings is 1. The number of carbonyl (C=O) groups excluding carboxylic acids is 2. The van der Waals surface area contributed by atoms with Crippen molar-refractivity contribution in [3.8, 4) is 5.75 Å². The summed E-state index contributed by atoms with van der Waals surface area (Å²) in [4.78, 5) is 27.2. The van der Waals surface area contributed by atoms with E-state index in [0.29, 0.717) is 17.7 Å². The first-order valence-corrected chi connectivity index (χ1v) is 10.6. The van der Waals surface area contributed by atoms with Crippen molar-refractivity contribution in [1.82, 2.24) is 4.90 Å². The van der Waals surface area contributed by atoms with Gasteiger partial charge in [-0.05, 0) is 48.9 Å². The van der Waals surface area contributed by atoms with E-state index in [1.165, 1.54) is 12.1 Å². The summed E-state index contributed by atoms with van der Waals surface area (Å²) in [5.41, 5.74) is 6.97. The number of primary amides is 1. The predicted molar refractivity (Wildman–Crippen MR) is 117 cm³/mol. The molecule has 1 saturated heterocycles. The third-order valence-electron chi connectivity index (χ3n) is 5.25. The highest BCUT2D eigenvalue weighted by molar-refractivity contribution is 5.65. The number of rotatable bonds is 8. The van der Waals surface area contributed by atoms with Crippen LogP contribution in [-0.4, -0.2) is 56.5 Å². The van der Waals surface area contributed by atoms with Gasteiger partial charge >= 0.3 is 12.2 Å². The van der Waals surface area contributed by atoms with Gasteiger partial charge in [-0.1, -0.05) is 12.1 Å². The molecule has 0 spiro atoms. The summed E-state index contributed by atoms with van der Waals surface area (Å²) < 4.78 is 28.3. The van der Waals surface area contributed by atoms with E-state index in [0.717, 1.165) is 38.4 Å². The normalized spacial score (nSPS) is 15.1. The van der Waals surface area contributed by atoms with Crippen LogP contribution in [0, 0.1) is 5.82 Å². The molecule has 1 atom stereocenters. The van der Waals surface area contributed by atoms with E-state index in [4.69, 9.17) is 19.9 Å². The minimum absolute atomic E-state index is 0.264. The lowest BCUT2D eigenvalue weighted by molar-refractivity contribution is 0.0910. The van der Waals surface area contributed by atoms with Gasteiger partial charge in [-0.15, -0.1) is 0 Å². The molecule has 1 aliphatic rings. The molecule has 1 fully saturated rings. The molecule has 0 aliphatic carbocycles. The van der Waals surface area contributed by atoms with E-state index in [9.17, 15) is 14.0 Å². The van der Waals surface area contributed by atoms with E-state index in [2.05, 4.69) is 9.80 Å². The summed E-state index contributed by atoms with van der Waals surface area (Å²) in [6.45, 7) is 6.04. The monoisotopic (exact) mass is 445 g/mol. The third-order valence-corrected chi connectivity index (χ3v) is 5.25. The molecule has 2 N–H and O–H groups in total. The zero-order valence-corrected chi connectivity index (χ0v) is 18.0. The second kappa shape index (κ2) is 11.3. The van der Waals surface area contributed by atoms with Crippen molar-refractivity contribution in [2.24, 2.45) is 5.73 Å². The van der Waals surface area contributed by atoms with Gasteiger partial charge in [0.15, 0.2) is 0 Å². The first-order valence-electron chi connectivity index (χ1n) is 10.6. The van der Waals surface area contributed by atoms with Crippen LogP contribution in [0.4, 0.5) is 19.7 Å². The van der Waals surface area contributed by atoms with Gasteiger partial charge in [-0.2, -0.15) is 0 Å². The fourth-order valence-corrected chi connectivity index (χ4v) is 3.61. The highest BCUT2D eigenvalue weighted by Crippen LogP contribution is 2.24. The number of hydrogen-bond acceptors (Lipinski definition) is 7. The Bertz CT molecular complexity index is 884. The lowest BCUT2D eigenvalue weighted by Gasteiger charge is -2.36. The van der Waals surface area contributed by atoms with Crippen LogP contribution >= 0.6 is 0 Å². The molecule has 3 rings (SSSR count). The average Bonchev–Trinajstić information content (AvgIpc) is 2.78. The molecule has 1 unspecified atom stereocenters. The highest BCUT2D eigenvalue weighted by Gasteiger charge is 2.21. The average molecular weight is 445 g/mol. The molecule has 0 saturated carbocycles. The van der Waals surface area contributed by atoms with Crippen molar-refractivity contribution in [3.63, 3.8) is 0 Å². The first kappa shape index (κ1) is 23.3. The van der Waals surface area contributed by atoms with Gasteiger partial charge in [0.05, 0.1) is 6.61 Å². The van der Waals surface area contributed by atoms with E-state index in [-0.39, 0.29) is 12.4 Å². The molecule has 172 valence electrons. The van der Waals surface area contributed by atoms with Crippen molar-refractivity contribution >= 4 is 17.9 Å². The molecule has 32 heavy (non-hydrogen) atoms. The van der Waals surface area contributed by atoms with Crippen LogP contribution in [0.2, 0.25) is 0 Å². The van der Waals surface area contributed by atoms with E-state index in [1.807, 2.05) is 12.1 Å². The number of amides is 1. The number of anilines is 1. The number of halogens is 1. The van der Waals surface area contributed by atoms with Crippen LogP contribution in [-0.2, 0) is 9.47 Å². The van der Waals surface area contributed by atoms with E-state index < -0.39 is 18.4 Å².